The molecule has 5 nitrogen and oxygen atoms in total. The molecule has 0 spiro atoms. The van der Waals surface area contributed by atoms with Gasteiger partial charge in [-0.3, -0.25) is 0 Å². The standard InChI is InChI=1S/C24H24O5/c1-2-27-24(26)22(25)20-14-9-15-21(28-16-18-10-5-3-6-11-18)23(20)29-17-19-12-7-4-8-13-19/h3-15,22,25H,2,16-17H2,1H3. The van der Waals surface area contributed by atoms with Gasteiger partial charge in [0.15, 0.2) is 17.6 Å². The Balaban J connectivity index is 1.86. The van der Waals surface area contributed by atoms with Crippen LogP contribution in [0.5, 0.6) is 11.5 Å². The lowest BCUT2D eigenvalue weighted by Crippen LogP contribution is -2.17. The van der Waals surface area contributed by atoms with Gasteiger partial charge in [0.2, 0.25) is 0 Å². The van der Waals surface area contributed by atoms with Crippen LogP contribution in [0.15, 0.2) is 78.9 Å². The maximum absolute atomic E-state index is 12.1. The van der Waals surface area contributed by atoms with Crippen molar-refractivity contribution in [3.63, 3.8) is 0 Å². The van der Waals surface area contributed by atoms with Gasteiger partial charge in [-0.2, -0.15) is 0 Å². The molecule has 0 bridgehead atoms. The van der Waals surface area contributed by atoms with Gasteiger partial charge in [0.05, 0.1) is 6.61 Å². The summed E-state index contributed by atoms with van der Waals surface area (Å²) in [6.07, 6.45) is -1.46. The van der Waals surface area contributed by atoms with E-state index in [4.69, 9.17) is 14.2 Å². The van der Waals surface area contributed by atoms with Crippen molar-refractivity contribution in [1.29, 1.82) is 0 Å². The highest BCUT2D eigenvalue weighted by molar-refractivity contribution is 5.77. The number of ether oxygens (including phenoxy) is 3. The van der Waals surface area contributed by atoms with Gasteiger partial charge in [0, 0.05) is 5.56 Å². The number of aliphatic hydroxyl groups excluding tert-OH is 1. The van der Waals surface area contributed by atoms with Crippen molar-refractivity contribution < 1.29 is 24.1 Å². The molecule has 0 saturated heterocycles. The predicted molar refractivity (Wildman–Crippen MR) is 110 cm³/mol. The van der Waals surface area contributed by atoms with Crippen LogP contribution in [0.2, 0.25) is 0 Å². The SMILES string of the molecule is CCOC(=O)C(O)c1cccc(OCc2ccccc2)c1OCc1ccccc1. The minimum absolute atomic E-state index is 0.181. The van der Waals surface area contributed by atoms with Crippen molar-refractivity contribution in [1.82, 2.24) is 0 Å². The molecule has 0 fully saturated rings. The summed E-state index contributed by atoms with van der Waals surface area (Å²) in [6, 6.07) is 24.5. The molecule has 29 heavy (non-hydrogen) atoms. The van der Waals surface area contributed by atoms with Crippen molar-refractivity contribution in [3.8, 4) is 11.5 Å². The third-order valence-electron chi connectivity index (χ3n) is 4.28. The number of rotatable bonds is 9. The third kappa shape index (κ3) is 5.59. The zero-order valence-electron chi connectivity index (χ0n) is 16.3. The Hall–Kier alpha value is -3.31. The Morgan fingerprint density at radius 3 is 2.00 bits per heavy atom. The van der Waals surface area contributed by atoms with Crippen LogP contribution < -0.4 is 9.47 Å². The van der Waals surface area contributed by atoms with Gasteiger partial charge in [-0.15, -0.1) is 0 Å². The first-order valence-corrected chi connectivity index (χ1v) is 9.50. The molecule has 1 unspecified atom stereocenters. The minimum Gasteiger partial charge on any atom is -0.485 e. The fourth-order valence-corrected chi connectivity index (χ4v) is 2.83. The van der Waals surface area contributed by atoms with Crippen LogP contribution in [0, 0.1) is 0 Å². The fourth-order valence-electron chi connectivity index (χ4n) is 2.83. The molecule has 0 aliphatic heterocycles. The minimum atomic E-state index is -1.46. The van der Waals surface area contributed by atoms with Crippen molar-refractivity contribution in [2.45, 2.75) is 26.2 Å². The number of para-hydroxylation sites is 1. The van der Waals surface area contributed by atoms with Gasteiger partial charge < -0.3 is 19.3 Å². The van der Waals surface area contributed by atoms with Crippen LogP contribution >= 0.6 is 0 Å². The molecule has 0 aromatic heterocycles. The summed E-state index contributed by atoms with van der Waals surface area (Å²) in [5.74, 6) is 0.0516. The van der Waals surface area contributed by atoms with Crippen LogP contribution in [0.1, 0.15) is 29.7 Å². The number of aliphatic hydroxyl groups is 1. The van der Waals surface area contributed by atoms with Gasteiger partial charge in [-0.1, -0.05) is 72.8 Å². The molecule has 0 heterocycles. The number of hydrogen-bond donors (Lipinski definition) is 1. The molecule has 150 valence electrons. The Morgan fingerprint density at radius 2 is 1.41 bits per heavy atom. The monoisotopic (exact) mass is 392 g/mol. The molecular weight excluding hydrogens is 368 g/mol. The molecule has 3 aromatic rings. The Bertz CT molecular complexity index is 909. The lowest BCUT2D eigenvalue weighted by molar-refractivity contribution is -0.153. The van der Waals surface area contributed by atoms with E-state index < -0.39 is 12.1 Å². The molecule has 1 N–H and O–H groups in total. The molecule has 0 amide bonds. The second kappa shape index (κ2) is 10.3. The summed E-state index contributed by atoms with van der Waals surface area (Å²) in [6.45, 7) is 2.48. The van der Waals surface area contributed by atoms with Gasteiger partial charge >= 0.3 is 5.97 Å². The van der Waals surface area contributed by atoms with Crippen molar-refractivity contribution in [3.05, 3.63) is 95.6 Å². The average Bonchev–Trinajstić information content (AvgIpc) is 2.77. The number of benzene rings is 3. The molecule has 0 aliphatic rings. The van der Waals surface area contributed by atoms with Crippen LogP contribution in [0.3, 0.4) is 0 Å². The molecule has 5 heteroatoms. The summed E-state index contributed by atoms with van der Waals surface area (Å²) < 4.78 is 16.9. The molecule has 0 aliphatic carbocycles. The fraction of sp³-hybridized carbons (Fsp3) is 0.208. The molecule has 0 saturated carbocycles. The molecule has 3 rings (SSSR count). The smallest absolute Gasteiger partial charge is 0.339 e. The predicted octanol–water partition coefficient (Wildman–Crippen LogP) is 4.44. The van der Waals surface area contributed by atoms with Crippen LogP contribution in [-0.4, -0.2) is 17.7 Å². The van der Waals surface area contributed by atoms with E-state index in [1.54, 1.807) is 25.1 Å². The first-order chi connectivity index (χ1) is 14.2. The van der Waals surface area contributed by atoms with E-state index in [1.165, 1.54) is 0 Å². The number of esters is 1. The summed E-state index contributed by atoms with van der Waals surface area (Å²) >= 11 is 0. The van der Waals surface area contributed by atoms with Crippen LogP contribution in [-0.2, 0) is 22.7 Å². The average molecular weight is 392 g/mol. The topological polar surface area (TPSA) is 65.0 Å². The Kier molecular flexibility index (Phi) is 7.25. The quantitative estimate of drug-likeness (QED) is 0.546. The van der Waals surface area contributed by atoms with Crippen LogP contribution in [0.25, 0.3) is 0 Å². The normalized spacial score (nSPS) is 11.5. The van der Waals surface area contributed by atoms with Crippen molar-refractivity contribution in [2.75, 3.05) is 6.61 Å². The highest BCUT2D eigenvalue weighted by atomic mass is 16.5. The van der Waals surface area contributed by atoms with Gasteiger partial charge in [-0.25, -0.2) is 4.79 Å². The second-order valence-electron chi connectivity index (χ2n) is 6.38. The summed E-state index contributed by atoms with van der Waals surface area (Å²) in [4.78, 5) is 12.1. The van der Waals surface area contributed by atoms with E-state index in [0.717, 1.165) is 11.1 Å². The summed E-state index contributed by atoms with van der Waals surface area (Å²) in [7, 11) is 0. The van der Waals surface area contributed by atoms with E-state index in [0.29, 0.717) is 23.7 Å². The molecule has 3 aromatic carbocycles. The third-order valence-corrected chi connectivity index (χ3v) is 4.28. The first-order valence-electron chi connectivity index (χ1n) is 9.50. The Morgan fingerprint density at radius 1 is 0.828 bits per heavy atom. The first kappa shape index (κ1) is 20.4. The van der Waals surface area contributed by atoms with Gasteiger partial charge in [-0.05, 0) is 24.1 Å². The lowest BCUT2D eigenvalue weighted by atomic mass is 10.1. The number of carbonyl (C=O) groups is 1. The zero-order chi connectivity index (χ0) is 20.5. The highest BCUT2D eigenvalue weighted by Crippen LogP contribution is 2.36. The van der Waals surface area contributed by atoms with E-state index in [9.17, 15) is 9.90 Å². The Labute approximate surface area is 170 Å². The van der Waals surface area contributed by atoms with Gasteiger partial charge in [0.1, 0.15) is 13.2 Å². The molecule has 1 atom stereocenters. The zero-order valence-corrected chi connectivity index (χ0v) is 16.3. The second-order valence-corrected chi connectivity index (χ2v) is 6.38. The largest absolute Gasteiger partial charge is 0.485 e. The summed E-state index contributed by atoms with van der Waals surface area (Å²) in [5, 5.41) is 10.5. The molecule has 0 radical (unpaired) electrons. The maximum atomic E-state index is 12.1. The van der Waals surface area contributed by atoms with Crippen molar-refractivity contribution in [2.24, 2.45) is 0 Å². The lowest BCUT2D eigenvalue weighted by Gasteiger charge is -2.19. The summed E-state index contributed by atoms with van der Waals surface area (Å²) in [5.41, 5.74) is 2.27. The van der Waals surface area contributed by atoms with E-state index in [1.807, 2.05) is 60.7 Å². The maximum Gasteiger partial charge on any atom is 0.339 e. The number of hydrogen-bond acceptors (Lipinski definition) is 5. The number of carbonyl (C=O) groups excluding carboxylic acids is 1. The highest BCUT2D eigenvalue weighted by Gasteiger charge is 2.25. The van der Waals surface area contributed by atoms with E-state index in [-0.39, 0.29) is 13.2 Å². The van der Waals surface area contributed by atoms with E-state index in [2.05, 4.69) is 0 Å². The van der Waals surface area contributed by atoms with Crippen molar-refractivity contribution >= 4 is 5.97 Å². The van der Waals surface area contributed by atoms with E-state index >= 15 is 0 Å². The van der Waals surface area contributed by atoms with Gasteiger partial charge in [0.25, 0.3) is 0 Å². The molecular formula is C24H24O5. The van der Waals surface area contributed by atoms with Crippen LogP contribution in [0.4, 0.5) is 0 Å².